The summed E-state index contributed by atoms with van der Waals surface area (Å²) in [6.45, 7) is 6.41. The fourth-order valence-corrected chi connectivity index (χ4v) is 3.30. The minimum atomic E-state index is -0.917. The van der Waals surface area contributed by atoms with Gasteiger partial charge >= 0.3 is 0 Å². The Bertz CT molecular complexity index is 365. The highest BCUT2D eigenvalue weighted by molar-refractivity contribution is 5.81. The third-order valence-electron chi connectivity index (χ3n) is 4.52. The summed E-state index contributed by atoms with van der Waals surface area (Å²) in [5, 5.41) is 10.6. The minimum absolute atomic E-state index is 0.0575. The molecule has 0 aromatic heterocycles. The highest BCUT2D eigenvalue weighted by Gasteiger charge is 2.35. The zero-order chi connectivity index (χ0) is 16.0. The van der Waals surface area contributed by atoms with Crippen LogP contribution >= 0.6 is 0 Å². The molecular formula is C16H30N2O3. The molecule has 0 saturated carbocycles. The van der Waals surface area contributed by atoms with E-state index in [-0.39, 0.29) is 30.2 Å². The summed E-state index contributed by atoms with van der Waals surface area (Å²) in [6, 6.07) is 0.112. The number of likely N-dealkylation sites (tertiary alicyclic amines) is 1. The van der Waals surface area contributed by atoms with E-state index in [0.717, 1.165) is 25.7 Å². The molecule has 122 valence electrons. The molecule has 5 nitrogen and oxygen atoms in total. The summed E-state index contributed by atoms with van der Waals surface area (Å²) in [5.41, 5.74) is 4.45. The van der Waals surface area contributed by atoms with Gasteiger partial charge in [0.1, 0.15) is 0 Å². The zero-order valence-corrected chi connectivity index (χ0v) is 13.6. The molecule has 21 heavy (non-hydrogen) atoms. The monoisotopic (exact) mass is 298 g/mol. The molecule has 2 unspecified atom stereocenters. The quantitative estimate of drug-likeness (QED) is 0.752. The fraction of sp³-hybridized carbons (Fsp3) is 0.875. The number of piperidine rings is 1. The van der Waals surface area contributed by atoms with Crippen LogP contribution in [0.5, 0.6) is 0 Å². The molecule has 0 aliphatic carbocycles. The Kier molecular flexibility index (Phi) is 6.65. The van der Waals surface area contributed by atoms with Gasteiger partial charge in [-0.3, -0.25) is 9.59 Å². The van der Waals surface area contributed by atoms with Gasteiger partial charge in [-0.15, -0.1) is 0 Å². The maximum absolute atomic E-state index is 12.6. The predicted octanol–water partition coefficient (Wildman–Crippen LogP) is 1.82. The van der Waals surface area contributed by atoms with Crippen LogP contribution in [0.3, 0.4) is 0 Å². The Morgan fingerprint density at radius 1 is 1.24 bits per heavy atom. The van der Waals surface area contributed by atoms with Crippen molar-refractivity contribution < 1.29 is 14.7 Å². The number of aliphatic hydroxyl groups is 1. The lowest BCUT2D eigenvalue weighted by Crippen LogP contribution is -2.50. The Morgan fingerprint density at radius 2 is 1.81 bits per heavy atom. The highest BCUT2D eigenvalue weighted by atomic mass is 16.3. The first-order valence-corrected chi connectivity index (χ1v) is 8.14. The average Bonchev–Trinajstić information content (AvgIpc) is 2.38. The predicted molar refractivity (Wildman–Crippen MR) is 82.5 cm³/mol. The third-order valence-corrected chi connectivity index (χ3v) is 4.52. The fourth-order valence-electron chi connectivity index (χ4n) is 3.30. The van der Waals surface area contributed by atoms with Crippen LogP contribution in [0.15, 0.2) is 0 Å². The lowest BCUT2D eigenvalue weighted by Gasteiger charge is -2.39. The van der Waals surface area contributed by atoms with Crippen LogP contribution in [-0.2, 0) is 9.59 Å². The van der Waals surface area contributed by atoms with Crippen LogP contribution in [0.4, 0.5) is 0 Å². The van der Waals surface area contributed by atoms with Gasteiger partial charge in [-0.05, 0) is 32.6 Å². The van der Waals surface area contributed by atoms with E-state index in [0.29, 0.717) is 19.4 Å². The first kappa shape index (κ1) is 18.0. The summed E-state index contributed by atoms with van der Waals surface area (Å²) in [7, 11) is 0. The van der Waals surface area contributed by atoms with Gasteiger partial charge in [-0.2, -0.15) is 0 Å². The molecule has 0 bridgehead atoms. The van der Waals surface area contributed by atoms with Crippen LogP contribution < -0.4 is 5.73 Å². The largest absolute Gasteiger partial charge is 0.389 e. The second-order valence-electron chi connectivity index (χ2n) is 6.47. The van der Waals surface area contributed by atoms with Crippen molar-refractivity contribution in [1.29, 1.82) is 0 Å². The Labute approximate surface area is 127 Å². The molecule has 1 heterocycles. The van der Waals surface area contributed by atoms with E-state index in [4.69, 9.17) is 5.73 Å². The van der Waals surface area contributed by atoms with Gasteiger partial charge in [-0.1, -0.05) is 26.7 Å². The number of hydrogen-bond acceptors (Lipinski definition) is 3. The lowest BCUT2D eigenvalue weighted by molar-refractivity contribution is -0.142. The standard InChI is InChI=1S/C16H30N2O3/c1-4-8-16(21,9-5-2)10-14(19)18-11-13(15(17)20)7-6-12(18)3/h12-13,21H,4-11H2,1-3H3,(H2,17,20). The second-order valence-corrected chi connectivity index (χ2v) is 6.47. The SMILES string of the molecule is CCCC(O)(CCC)CC(=O)N1CC(C(N)=O)CCC1C. The maximum atomic E-state index is 12.6. The molecule has 2 atom stereocenters. The molecule has 1 rings (SSSR count). The number of primary amides is 1. The van der Waals surface area contributed by atoms with Gasteiger partial charge in [0.25, 0.3) is 0 Å². The van der Waals surface area contributed by atoms with Crippen LogP contribution in [0.1, 0.15) is 65.7 Å². The smallest absolute Gasteiger partial charge is 0.225 e. The van der Waals surface area contributed by atoms with E-state index in [1.165, 1.54) is 0 Å². The van der Waals surface area contributed by atoms with Crippen molar-refractivity contribution in [1.82, 2.24) is 4.90 Å². The topological polar surface area (TPSA) is 83.6 Å². The van der Waals surface area contributed by atoms with Gasteiger partial charge in [0.2, 0.25) is 11.8 Å². The van der Waals surface area contributed by atoms with Crippen molar-refractivity contribution in [2.75, 3.05) is 6.54 Å². The van der Waals surface area contributed by atoms with Gasteiger partial charge in [-0.25, -0.2) is 0 Å². The van der Waals surface area contributed by atoms with E-state index >= 15 is 0 Å². The van der Waals surface area contributed by atoms with E-state index in [2.05, 4.69) is 0 Å². The molecule has 1 fully saturated rings. The van der Waals surface area contributed by atoms with Crippen molar-refractivity contribution >= 4 is 11.8 Å². The zero-order valence-electron chi connectivity index (χ0n) is 13.6. The van der Waals surface area contributed by atoms with Crippen molar-refractivity contribution in [3.8, 4) is 0 Å². The lowest BCUT2D eigenvalue weighted by atomic mass is 9.87. The summed E-state index contributed by atoms with van der Waals surface area (Å²) >= 11 is 0. The Balaban J connectivity index is 2.73. The van der Waals surface area contributed by atoms with E-state index in [9.17, 15) is 14.7 Å². The highest BCUT2D eigenvalue weighted by Crippen LogP contribution is 2.28. The number of nitrogens with two attached hydrogens (primary N) is 1. The normalized spacial score (nSPS) is 23.1. The average molecular weight is 298 g/mol. The summed E-state index contributed by atoms with van der Waals surface area (Å²) in [6.07, 6.45) is 4.65. The Hall–Kier alpha value is -1.10. The minimum Gasteiger partial charge on any atom is -0.389 e. The van der Waals surface area contributed by atoms with E-state index in [1.54, 1.807) is 4.90 Å². The van der Waals surface area contributed by atoms with Gasteiger partial charge in [0.05, 0.1) is 17.9 Å². The summed E-state index contributed by atoms with van der Waals surface area (Å²) in [4.78, 5) is 25.6. The van der Waals surface area contributed by atoms with Gasteiger partial charge in [0.15, 0.2) is 0 Å². The van der Waals surface area contributed by atoms with Gasteiger partial charge in [0, 0.05) is 12.6 Å². The van der Waals surface area contributed by atoms with Crippen molar-refractivity contribution in [3.63, 3.8) is 0 Å². The van der Waals surface area contributed by atoms with Crippen LogP contribution in [-0.4, -0.2) is 40.0 Å². The van der Waals surface area contributed by atoms with Crippen molar-refractivity contribution in [2.45, 2.75) is 77.4 Å². The van der Waals surface area contributed by atoms with Crippen molar-refractivity contribution in [2.24, 2.45) is 11.7 Å². The molecule has 5 heteroatoms. The van der Waals surface area contributed by atoms with E-state index < -0.39 is 5.60 Å². The maximum Gasteiger partial charge on any atom is 0.225 e. The molecule has 2 amide bonds. The number of hydrogen-bond donors (Lipinski definition) is 2. The molecular weight excluding hydrogens is 268 g/mol. The van der Waals surface area contributed by atoms with Crippen LogP contribution in [0, 0.1) is 5.92 Å². The van der Waals surface area contributed by atoms with Crippen LogP contribution in [0.25, 0.3) is 0 Å². The number of rotatable bonds is 7. The number of nitrogens with zero attached hydrogens (tertiary/aromatic N) is 1. The first-order chi connectivity index (χ1) is 9.83. The summed E-state index contributed by atoms with van der Waals surface area (Å²) < 4.78 is 0. The molecule has 0 aromatic carbocycles. The molecule has 1 aliphatic heterocycles. The van der Waals surface area contributed by atoms with E-state index in [1.807, 2.05) is 20.8 Å². The Morgan fingerprint density at radius 3 is 2.29 bits per heavy atom. The second kappa shape index (κ2) is 7.78. The third kappa shape index (κ3) is 4.99. The summed E-state index contributed by atoms with van der Waals surface area (Å²) in [5.74, 6) is -0.648. The molecule has 3 N–H and O–H groups in total. The first-order valence-electron chi connectivity index (χ1n) is 8.14. The molecule has 0 aromatic rings. The molecule has 1 saturated heterocycles. The van der Waals surface area contributed by atoms with Crippen LogP contribution in [0.2, 0.25) is 0 Å². The van der Waals surface area contributed by atoms with Crippen molar-refractivity contribution in [3.05, 3.63) is 0 Å². The molecule has 0 spiro atoms. The molecule has 1 aliphatic rings. The molecule has 0 radical (unpaired) electrons. The van der Waals surface area contributed by atoms with Gasteiger partial charge < -0.3 is 15.7 Å². The number of carbonyl (C=O) groups is 2. The number of carbonyl (C=O) groups excluding carboxylic acids is 2. The number of amides is 2.